The number of hydrogen-bond acceptors (Lipinski definition) is 4. The molecule has 1 aromatic rings. The molecular formula is C11H12ClN3O2. The molecule has 0 aliphatic rings. The second kappa shape index (κ2) is 6.06. The van der Waals surface area contributed by atoms with Gasteiger partial charge in [-0.3, -0.25) is 4.79 Å². The number of ether oxygens (including phenoxy) is 1. The maximum absolute atomic E-state index is 11.3. The Morgan fingerprint density at radius 2 is 2.41 bits per heavy atom. The van der Waals surface area contributed by atoms with Crippen molar-refractivity contribution in [2.45, 2.75) is 26.4 Å². The predicted octanol–water partition coefficient (Wildman–Crippen LogP) is 2.37. The Balaban J connectivity index is 2.91. The van der Waals surface area contributed by atoms with Crippen LogP contribution in [0.15, 0.2) is 12.3 Å². The van der Waals surface area contributed by atoms with Crippen molar-refractivity contribution in [1.29, 1.82) is 5.26 Å². The molecule has 1 aromatic heterocycles. The Morgan fingerprint density at radius 1 is 1.71 bits per heavy atom. The fourth-order valence-electron chi connectivity index (χ4n) is 1.10. The number of rotatable bonds is 4. The molecule has 5 nitrogen and oxygen atoms in total. The minimum absolute atomic E-state index is 0.0738. The molecule has 17 heavy (non-hydrogen) atoms. The summed E-state index contributed by atoms with van der Waals surface area (Å²) in [7, 11) is 0. The molecule has 0 aliphatic carbocycles. The fraction of sp³-hybridized carbons (Fsp3) is 0.364. The summed E-state index contributed by atoms with van der Waals surface area (Å²) in [6.45, 7) is 3.69. The minimum atomic E-state index is -0.426. The number of aromatic nitrogens is 1. The van der Waals surface area contributed by atoms with Crippen molar-refractivity contribution in [1.82, 2.24) is 4.98 Å². The van der Waals surface area contributed by atoms with Gasteiger partial charge in [0.25, 0.3) is 0 Å². The Bertz CT molecular complexity index is 455. The molecular weight excluding hydrogens is 242 g/mol. The lowest BCUT2D eigenvalue weighted by atomic mass is 10.3. The van der Waals surface area contributed by atoms with E-state index < -0.39 is 5.91 Å². The first-order valence-electron chi connectivity index (χ1n) is 5.02. The number of anilines is 1. The van der Waals surface area contributed by atoms with Gasteiger partial charge in [-0.25, -0.2) is 4.98 Å². The van der Waals surface area contributed by atoms with Crippen LogP contribution in [0, 0.1) is 11.3 Å². The van der Waals surface area contributed by atoms with Gasteiger partial charge in [-0.05, 0) is 19.9 Å². The third-order valence-corrected chi connectivity index (χ3v) is 1.89. The number of carbonyl (C=O) groups is 1. The summed E-state index contributed by atoms with van der Waals surface area (Å²) in [5.41, 5.74) is 0.367. The first-order valence-corrected chi connectivity index (χ1v) is 5.39. The monoisotopic (exact) mass is 253 g/mol. The molecule has 0 aliphatic heterocycles. The van der Waals surface area contributed by atoms with Crippen LogP contribution in [0.4, 0.5) is 5.69 Å². The summed E-state index contributed by atoms with van der Waals surface area (Å²) in [5, 5.41) is 11.3. The fourth-order valence-corrected chi connectivity index (χ4v) is 1.26. The average Bonchev–Trinajstić information content (AvgIpc) is 2.22. The highest BCUT2D eigenvalue weighted by Gasteiger charge is 2.11. The summed E-state index contributed by atoms with van der Waals surface area (Å²) >= 11 is 5.78. The van der Waals surface area contributed by atoms with Gasteiger partial charge >= 0.3 is 0 Å². The Labute approximate surface area is 104 Å². The molecule has 6 heteroatoms. The van der Waals surface area contributed by atoms with Gasteiger partial charge in [0.1, 0.15) is 12.1 Å². The van der Waals surface area contributed by atoms with Crippen molar-refractivity contribution in [2.24, 2.45) is 0 Å². The number of halogens is 1. The van der Waals surface area contributed by atoms with Crippen LogP contribution < -0.4 is 10.1 Å². The highest BCUT2D eigenvalue weighted by atomic mass is 35.5. The average molecular weight is 254 g/mol. The normalized spacial score (nSPS) is 9.82. The van der Waals surface area contributed by atoms with Crippen molar-refractivity contribution in [3.63, 3.8) is 0 Å². The van der Waals surface area contributed by atoms with Crippen LogP contribution in [0.1, 0.15) is 20.3 Å². The molecule has 0 spiro atoms. The predicted molar refractivity (Wildman–Crippen MR) is 63.9 cm³/mol. The smallest absolute Gasteiger partial charge is 0.238 e. The number of nitrogens with one attached hydrogen (secondary N) is 1. The van der Waals surface area contributed by atoms with Crippen molar-refractivity contribution in [2.75, 3.05) is 5.32 Å². The summed E-state index contributed by atoms with van der Waals surface area (Å²) in [6.07, 6.45) is 1.13. The van der Waals surface area contributed by atoms with E-state index in [1.165, 1.54) is 12.3 Å². The van der Waals surface area contributed by atoms with E-state index in [2.05, 4.69) is 10.3 Å². The van der Waals surface area contributed by atoms with Crippen LogP contribution in [0.2, 0.25) is 5.02 Å². The second-order valence-corrected chi connectivity index (χ2v) is 3.99. The van der Waals surface area contributed by atoms with Crippen molar-refractivity contribution < 1.29 is 9.53 Å². The number of pyridine rings is 1. The molecule has 0 unspecified atom stereocenters. The topological polar surface area (TPSA) is 75.0 Å². The number of carbonyl (C=O) groups excluding carboxylic acids is 1. The summed E-state index contributed by atoms with van der Waals surface area (Å²) in [4.78, 5) is 15.3. The molecule has 0 radical (unpaired) electrons. The highest BCUT2D eigenvalue weighted by molar-refractivity contribution is 6.30. The standard InChI is InChI=1S/C11H12ClN3O2/c1-7(2)17-11-9(5-8(12)6-14-11)15-10(16)3-4-13/h5-7H,3H2,1-2H3,(H,15,16). The van der Waals surface area contributed by atoms with Crippen LogP contribution in [-0.2, 0) is 4.79 Å². The number of nitriles is 1. The summed E-state index contributed by atoms with van der Waals surface area (Å²) in [6, 6.07) is 3.29. The molecule has 0 saturated carbocycles. The Morgan fingerprint density at radius 3 is 3.00 bits per heavy atom. The van der Waals surface area contributed by atoms with E-state index in [1.54, 1.807) is 6.07 Å². The lowest BCUT2D eigenvalue weighted by Gasteiger charge is -2.13. The summed E-state index contributed by atoms with van der Waals surface area (Å²) < 4.78 is 5.41. The maximum atomic E-state index is 11.3. The maximum Gasteiger partial charge on any atom is 0.238 e. The lowest BCUT2D eigenvalue weighted by molar-refractivity contribution is -0.115. The third-order valence-electron chi connectivity index (χ3n) is 1.68. The quantitative estimate of drug-likeness (QED) is 0.894. The first kappa shape index (κ1) is 13.3. The number of hydrogen-bond donors (Lipinski definition) is 1. The summed E-state index contributed by atoms with van der Waals surface area (Å²) in [5.74, 6) is -0.138. The van der Waals surface area contributed by atoms with Gasteiger partial charge in [-0.15, -0.1) is 0 Å². The van der Waals surface area contributed by atoms with E-state index in [1.807, 2.05) is 13.8 Å². The van der Waals surface area contributed by atoms with Gasteiger partial charge in [-0.2, -0.15) is 5.26 Å². The van der Waals surface area contributed by atoms with Gasteiger partial charge in [0, 0.05) is 6.20 Å². The van der Waals surface area contributed by atoms with Crippen LogP contribution in [0.25, 0.3) is 0 Å². The van der Waals surface area contributed by atoms with Crippen LogP contribution in [0.5, 0.6) is 5.88 Å². The number of amides is 1. The zero-order chi connectivity index (χ0) is 12.8. The lowest BCUT2D eigenvalue weighted by Crippen LogP contribution is -2.14. The molecule has 0 fully saturated rings. The van der Waals surface area contributed by atoms with Crippen LogP contribution >= 0.6 is 11.6 Å². The molecule has 1 rings (SSSR count). The van der Waals surface area contributed by atoms with Gasteiger partial charge < -0.3 is 10.1 Å². The Hall–Kier alpha value is -1.80. The van der Waals surface area contributed by atoms with Crippen LogP contribution in [0.3, 0.4) is 0 Å². The molecule has 90 valence electrons. The Kier molecular flexibility index (Phi) is 4.73. The SMILES string of the molecule is CC(C)Oc1ncc(Cl)cc1NC(=O)CC#N. The van der Waals surface area contributed by atoms with Gasteiger partial charge in [0.05, 0.1) is 17.2 Å². The molecule has 0 bridgehead atoms. The largest absolute Gasteiger partial charge is 0.473 e. The third kappa shape index (κ3) is 4.29. The van der Waals surface area contributed by atoms with Crippen molar-refractivity contribution >= 4 is 23.2 Å². The molecule has 1 N–H and O–H groups in total. The van der Waals surface area contributed by atoms with Gasteiger partial charge in [-0.1, -0.05) is 11.6 Å². The van der Waals surface area contributed by atoms with Crippen LogP contribution in [-0.4, -0.2) is 17.0 Å². The van der Waals surface area contributed by atoms with E-state index in [4.69, 9.17) is 21.6 Å². The van der Waals surface area contributed by atoms with E-state index in [-0.39, 0.29) is 18.4 Å². The number of nitrogens with zero attached hydrogens (tertiary/aromatic N) is 2. The van der Waals surface area contributed by atoms with Crippen molar-refractivity contribution in [3.05, 3.63) is 17.3 Å². The van der Waals surface area contributed by atoms with E-state index in [0.717, 1.165) is 0 Å². The van der Waals surface area contributed by atoms with E-state index in [0.29, 0.717) is 10.7 Å². The first-order chi connectivity index (χ1) is 8.02. The zero-order valence-corrected chi connectivity index (χ0v) is 10.3. The van der Waals surface area contributed by atoms with Gasteiger partial charge in [0.2, 0.25) is 11.8 Å². The zero-order valence-electron chi connectivity index (χ0n) is 9.53. The van der Waals surface area contributed by atoms with E-state index in [9.17, 15) is 4.79 Å². The second-order valence-electron chi connectivity index (χ2n) is 3.56. The van der Waals surface area contributed by atoms with E-state index >= 15 is 0 Å². The molecule has 0 atom stereocenters. The molecule has 1 heterocycles. The molecule has 1 amide bonds. The van der Waals surface area contributed by atoms with Gasteiger partial charge in [0.15, 0.2) is 0 Å². The minimum Gasteiger partial charge on any atom is -0.473 e. The molecule has 0 aromatic carbocycles. The molecule has 0 saturated heterocycles. The van der Waals surface area contributed by atoms with Crippen molar-refractivity contribution in [3.8, 4) is 11.9 Å². The highest BCUT2D eigenvalue weighted by Crippen LogP contribution is 2.25.